The lowest BCUT2D eigenvalue weighted by Crippen LogP contribution is -2.53. The number of allylic oxidation sites excluding steroid dienone is 2. The van der Waals surface area contributed by atoms with Crippen molar-refractivity contribution in [3.05, 3.63) is 36.3 Å². The SMILES string of the molecule is O=C(O)[C@H]1[C@@H](C(=O)N2CCN(C(=O)c3ccco3)CC2)[C@H]2C=C[C@@H]1C2. The number of furan rings is 1. The molecule has 4 atom stereocenters. The van der Waals surface area contributed by atoms with Gasteiger partial charge in [-0.05, 0) is 30.4 Å². The Hall–Kier alpha value is -2.57. The van der Waals surface area contributed by atoms with Gasteiger partial charge in [-0.25, -0.2) is 0 Å². The van der Waals surface area contributed by atoms with Gasteiger partial charge in [-0.2, -0.15) is 0 Å². The van der Waals surface area contributed by atoms with Crippen LogP contribution in [-0.4, -0.2) is 58.9 Å². The Bertz CT molecular complexity index is 718. The fraction of sp³-hybridized carbons (Fsp3) is 0.500. The molecule has 4 rings (SSSR count). The van der Waals surface area contributed by atoms with Gasteiger partial charge in [0.15, 0.2) is 5.76 Å². The van der Waals surface area contributed by atoms with Crippen LogP contribution < -0.4 is 0 Å². The van der Waals surface area contributed by atoms with Crippen LogP contribution in [0.2, 0.25) is 0 Å². The highest BCUT2D eigenvalue weighted by atomic mass is 16.4. The standard InChI is InChI=1S/C18H20N2O5/c21-16(13-2-1-9-25-13)19-5-7-20(8-6-19)17(22)14-11-3-4-12(10-11)15(14)18(23)24/h1-4,9,11-12,14-15H,5-8,10H2,(H,23,24)/t11-,12+,14-,15+/m0/s1. The van der Waals surface area contributed by atoms with Gasteiger partial charge in [0.1, 0.15) is 0 Å². The maximum Gasteiger partial charge on any atom is 0.307 e. The van der Waals surface area contributed by atoms with Crippen molar-refractivity contribution in [2.24, 2.45) is 23.7 Å². The maximum atomic E-state index is 12.9. The van der Waals surface area contributed by atoms with Crippen LogP contribution in [0.25, 0.3) is 0 Å². The maximum absolute atomic E-state index is 12.9. The molecule has 0 aromatic carbocycles. The van der Waals surface area contributed by atoms with Gasteiger partial charge in [-0.15, -0.1) is 0 Å². The molecule has 2 amide bonds. The molecule has 1 N–H and O–H groups in total. The quantitative estimate of drug-likeness (QED) is 0.829. The van der Waals surface area contributed by atoms with Crippen LogP contribution >= 0.6 is 0 Å². The van der Waals surface area contributed by atoms with Crippen LogP contribution in [-0.2, 0) is 9.59 Å². The summed E-state index contributed by atoms with van der Waals surface area (Å²) in [7, 11) is 0. The topological polar surface area (TPSA) is 91.1 Å². The van der Waals surface area contributed by atoms with Gasteiger partial charge in [0.2, 0.25) is 5.91 Å². The molecule has 0 spiro atoms. The van der Waals surface area contributed by atoms with Crippen LogP contribution in [0.4, 0.5) is 0 Å². The molecule has 7 nitrogen and oxygen atoms in total. The zero-order valence-electron chi connectivity index (χ0n) is 13.7. The Kier molecular flexibility index (Phi) is 3.86. The third kappa shape index (κ3) is 2.63. The first kappa shape index (κ1) is 15.9. The van der Waals surface area contributed by atoms with Crippen molar-refractivity contribution in [3.8, 4) is 0 Å². The number of amides is 2. The number of hydrogen-bond acceptors (Lipinski definition) is 4. The Morgan fingerprint density at radius 1 is 1.00 bits per heavy atom. The van der Waals surface area contributed by atoms with E-state index >= 15 is 0 Å². The van der Waals surface area contributed by atoms with Gasteiger partial charge in [-0.3, -0.25) is 14.4 Å². The molecule has 0 unspecified atom stereocenters. The molecule has 25 heavy (non-hydrogen) atoms. The van der Waals surface area contributed by atoms with Crippen molar-refractivity contribution in [3.63, 3.8) is 0 Å². The normalized spacial score (nSPS) is 30.7. The summed E-state index contributed by atoms with van der Waals surface area (Å²) in [4.78, 5) is 40.2. The van der Waals surface area contributed by atoms with Crippen molar-refractivity contribution >= 4 is 17.8 Å². The number of carboxylic acids is 1. The first-order chi connectivity index (χ1) is 12.1. The van der Waals surface area contributed by atoms with E-state index in [4.69, 9.17) is 4.42 Å². The molecule has 1 saturated heterocycles. The minimum Gasteiger partial charge on any atom is -0.481 e. The number of carbonyl (C=O) groups is 3. The lowest BCUT2D eigenvalue weighted by molar-refractivity contribution is -0.151. The average Bonchev–Trinajstić information content (AvgIpc) is 3.36. The van der Waals surface area contributed by atoms with Gasteiger partial charge in [0, 0.05) is 26.2 Å². The molecule has 2 heterocycles. The molecular weight excluding hydrogens is 324 g/mol. The van der Waals surface area contributed by atoms with Gasteiger partial charge in [0.05, 0.1) is 18.1 Å². The number of carbonyl (C=O) groups excluding carboxylic acids is 2. The zero-order chi connectivity index (χ0) is 17.6. The number of aliphatic carboxylic acids is 1. The molecule has 1 aliphatic heterocycles. The number of nitrogens with zero attached hydrogens (tertiary/aromatic N) is 2. The highest BCUT2D eigenvalue weighted by Crippen LogP contribution is 2.48. The fourth-order valence-corrected chi connectivity index (χ4v) is 4.39. The summed E-state index contributed by atoms with van der Waals surface area (Å²) in [6.45, 7) is 1.71. The predicted octanol–water partition coefficient (Wildman–Crippen LogP) is 1.09. The molecule has 0 radical (unpaired) electrons. The molecule has 2 fully saturated rings. The van der Waals surface area contributed by atoms with E-state index in [1.165, 1.54) is 6.26 Å². The molecule has 1 aromatic rings. The molecule has 3 aliphatic rings. The van der Waals surface area contributed by atoms with Crippen molar-refractivity contribution in [2.45, 2.75) is 6.42 Å². The highest BCUT2D eigenvalue weighted by Gasteiger charge is 2.52. The van der Waals surface area contributed by atoms with E-state index in [9.17, 15) is 19.5 Å². The zero-order valence-corrected chi connectivity index (χ0v) is 13.7. The van der Waals surface area contributed by atoms with E-state index in [1.807, 2.05) is 12.2 Å². The van der Waals surface area contributed by atoms with E-state index in [1.54, 1.807) is 21.9 Å². The Labute approximate surface area is 144 Å². The smallest absolute Gasteiger partial charge is 0.307 e. The second kappa shape index (κ2) is 6.06. The predicted molar refractivity (Wildman–Crippen MR) is 86.5 cm³/mol. The van der Waals surface area contributed by atoms with Gasteiger partial charge in [-0.1, -0.05) is 12.2 Å². The van der Waals surface area contributed by atoms with Crippen molar-refractivity contribution in [1.29, 1.82) is 0 Å². The Balaban J connectivity index is 1.41. The minimum atomic E-state index is -0.887. The van der Waals surface area contributed by atoms with Gasteiger partial charge >= 0.3 is 5.97 Å². The third-order valence-corrected chi connectivity index (χ3v) is 5.64. The number of piperazine rings is 1. The van der Waals surface area contributed by atoms with E-state index < -0.39 is 17.8 Å². The molecule has 2 aliphatic carbocycles. The summed E-state index contributed by atoms with van der Waals surface area (Å²) in [6.07, 6.45) is 6.14. The first-order valence-corrected chi connectivity index (χ1v) is 8.59. The first-order valence-electron chi connectivity index (χ1n) is 8.59. The second-order valence-electron chi connectivity index (χ2n) is 6.93. The third-order valence-electron chi connectivity index (χ3n) is 5.64. The van der Waals surface area contributed by atoms with Gasteiger partial charge in [0.25, 0.3) is 5.91 Å². The molecule has 7 heteroatoms. The summed E-state index contributed by atoms with van der Waals surface area (Å²) in [5.41, 5.74) is 0. The lowest BCUT2D eigenvalue weighted by atomic mass is 9.82. The summed E-state index contributed by atoms with van der Waals surface area (Å²) >= 11 is 0. The monoisotopic (exact) mass is 344 g/mol. The van der Waals surface area contributed by atoms with Crippen LogP contribution in [0.15, 0.2) is 35.0 Å². The van der Waals surface area contributed by atoms with Crippen LogP contribution in [0.3, 0.4) is 0 Å². The summed E-state index contributed by atoms with van der Waals surface area (Å²) in [5.74, 6) is -1.95. The number of fused-ring (bicyclic) bond motifs is 2. The largest absolute Gasteiger partial charge is 0.481 e. The summed E-state index contributed by atoms with van der Waals surface area (Å²) in [6, 6.07) is 3.29. The summed E-state index contributed by atoms with van der Waals surface area (Å²) < 4.78 is 5.13. The van der Waals surface area contributed by atoms with E-state index in [2.05, 4.69) is 0 Å². The summed E-state index contributed by atoms with van der Waals surface area (Å²) in [5, 5.41) is 9.51. The van der Waals surface area contributed by atoms with Crippen molar-refractivity contribution < 1.29 is 23.9 Å². The van der Waals surface area contributed by atoms with Crippen molar-refractivity contribution in [1.82, 2.24) is 9.80 Å². The number of carboxylic acid groups (broad SMARTS) is 1. The Morgan fingerprint density at radius 3 is 2.24 bits per heavy atom. The average molecular weight is 344 g/mol. The number of rotatable bonds is 3. The van der Waals surface area contributed by atoms with E-state index in [-0.39, 0.29) is 23.7 Å². The number of hydrogen-bond donors (Lipinski definition) is 1. The van der Waals surface area contributed by atoms with E-state index in [0.717, 1.165) is 6.42 Å². The fourth-order valence-electron chi connectivity index (χ4n) is 4.39. The Morgan fingerprint density at radius 2 is 1.64 bits per heavy atom. The lowest BCUT2D eigenvalue weighted by Gasteiger charge is -2.37. The van der Waals surface area contributed by atoms with Crippen LogP contribution in [0.5, 0.6) is 0 Å². The van der Waals surface area contributed by atoms with Crippen molar-refractivity contribution in [2.75, 3.05) is 26.2 Å². The molecule has 132 valence electrons. The van der Waals surface area contributed by atoms with Gasteiger partial charge < -0.3 is 19.3 Å². The molecule has 1 saturated carbocycles. The minimum absolute atomic E-state index is 0.0291. The van der Waals surface area contributed by atoms with Crippen LogP contribution in [0.1, 0.15) is 17.0 Å². The molecular formula is C18H20N2O5. The van der Waals surface area contributed by atoms with E-state index in [0.29, 0.717) is 31.9 Å². The molecule has 1 aromatic heterocycles. The molecule has 2 bridgehead atoms. The van der Waals surface area contributed by atoms with Crippen LogP contribution in [0, 0.1) is 23.7 Å². The highest BCUT2D eigenvalue weighted by molar-refractivity contribution is 5.92. The second-order valence-corrected chi connectivity index (χ2v) is 6.93.